The van der Waals surface area contributed by atoms with E-state index < -0.39 is 10.9 Å². The first-order chi connectivity index (χ1) is 10.6. The van der Waals surface area contributed by atoms with Gasteiger partial charge in [0.2, 0.25) is 5.91 Å². The van der Waals surface area contributed by atoms with Crippen molar-refractivity contribution in [1.29, 1.82) is 0 Å². The van der Waals surface area contributed by atoms with Gasteiger partial charge in [-0.2, -0.15) is 0 Å². The Bertz CT molecular complexity index is 675. The van der Waals surface area contributed by atoms with E-state index in [2.05, 4.69) is 15.1 Å². The maximum atomic E-state index is 12.3. The second-order valence-electron chi connectivity index (χ2n) is 4.59. The van der Waals surface area contributed by atoms with Crippen molar-refractivity contribution in [1.82, 2.24) is 29.2 Å². The summed E-state index contributed by atoms with van der Waals surface area (Å²) in [6.07, 6.45) is 4.52. The van der Waals surface area contributed by atoms with Crippen LogP contribution in [0.3, 0.4) is 0 Å². The highest BCUT2D eigenvalue weighted by molar-refractivity contribution is 5.76. The molecule has 11 nitrogen and oxygen atoms in total. The van der Waals surface area contributed by atoms with Gasteiger partial charge < -0.3 is 19.8 Å². The summed E-state index contributed by atoms with van der Waals surface area (Å²) >= 11 is 0. The van der Waals surface area contributed by atoms with Crippen LogP contribution in [0, 0.1) is 10.1 Å². The fourth-order valence-corrected chi connectivity index (χ4v) is 2.11. The summed E-state index contributed by atoms with van der Waals surface area (Å²) in [4.78, 5) is 31.7. The van der Waals surface area contributed by atoms with Gasteiger partial charge in [-0.3, -0.25) is 9.36 Å². The Morgan fingerprint density at radius 2 is 2.18 bits per heavy atom. The molecular weight excluding hydrogens is 294 g/mol. The number of hydrogen-bond donors (Lipinski definition) is 0. The van der Waals surface area contributed by atoms with Crippen molar-refractivity contribution in [2.45, 2.75) is 6.54 Å². The van der Waals surface area contributed by atoms with Crippen LogP contribution in [0.4, 0.5) is 5.95 Å². The van der Waals surface area contributed by atoms with E-state index in [1.807, 2.05) is 0 Å². The molecule has 1 saturated heterocycles. The molecule has 22 heavy (non-hydrogen) atoms. The van der Waals surface area contributed by atoms with E-state index >= 15 is 0 Å². The van der Waals surface area contributed by atoms with Crippen molar-refractivity contribution in [2.75, 3.05) is 26.3 Å². The van der Waals surface area contributed by atoms with Crippen LogP contribution in [0.15, 0.2) is 18.7 Å². The van der Waals surface area contributed by atoms with Gasteiger partial charge in [0.1, 0.15) is 12.9 Å². The second-order valence-corrected chi connectivity index (χ2v) is 4.59. The van der Waals surface area contributed by atoms with Crippen LogP contribution in [-0.4, -0.2) is 66.3 Å². The highest BCUT2D eigenvalue weighted by atomic mass is 16.6. The van der Waals surface area contributed by atoms with Gasteiger partial charge in [0.25, 0.3) is 0 Å². The number of nitrogens with zero attached hydrogens (tertiary/aromatic N) is 7. The quantitative estimate of drug-likeness (QED) is 0.537. The van der Waals surface area contributed by atoms with Crippen molar-refractivity contribution < 1.29 is 14.5 Å². The molecule has 0 radical (unpaired) electrons. The van der Waals surface area contributed by atoms with Gasteiger partial charge in [0.05, 0.1) is 13.2 Å². The van der Waals surface area contributed by atoms with Crippen LogP contribution >= 0.6 is 0 Å². The molecule has 1 fully saturated rings. The Morgan fingerprint density at radius 3 is 2.82 bits per heavy atom. The molecule has 1 aliphatic rings. The summed E-state index contributed by atoms with van der Waals surface area (Å²) in [6.45, 7) is 1.83. The fourth-order valence-electron chi connectivity index (χ4n) is 2.11. The molecule has 1 aliphatic heterocycles. The molecule has 2 aromatic heterocycles. The van der Waals surface area contributed by atoms with E-state index in [0.717, 1.165) is 0 Å². The van der Waals surface area contributed by atoms with Crippen molar-refractivity contribution in [3.8, 4) is 5.95 Å². The van der Waals surface area contributed by atoms with Gasteiger partial charge >= 0.3 is 11.9 Å². The number of ether oxygens (including phenoxy) is 1. The molecule has 0 saturated carbocycles. The number of imidazole rings is 1. The third-order valence-electron chi connectivity index (χ3n) is 3.19. The topological polar surface area (TPSA) is 121 Å². The maximum Gasteiger partial charge on any atom is 0.493 e. The van der Waals surface area contributed by atoms with Gasteiger partial charge in [-0.25, -0.2) is 4.98 Å². The van der Waals surface area contributed by atoms with Crippen LogP contribution in [-0.2, 0) is 16.1 Å². The summed E-state index contributed by atoms with van der Waals surface area (Å²) < 4.78 is 7.86. The number of carbonyl (C=O) groups excluding carboxylic acids is 1. The Hall–Kier alpha value is -2.82. The molecule has 0 unspecified atom stereocenters. The van der Waals surface area contributed by atoms with Gasteiger partial charge in [-0.05, 0) is 9.91 Å². The molecule has 0 atom stereocenters. The van der Waals surface area contributed by atoms with E-state index in [0.29, 0.717) is 26.3 Å². The molecule has 0 aromatic carbocycles. The fraction of sp³-hybridized carbons (Fsp3) is 0.455. The smallest absolute Gasteiger partial charge is 0.390 e. The first kappa shape index (κ1) is 14.1. The van der Waals surface area contributed by atoms with Crippen molar-refractivity contribution in [3.05, 3.63) is 28.8 Å². The van der Waals surface area contributed by atoms with Crippen molar-refractivity contribution >= 4 is 11.9 Å². The maximum absolute atomic E-state index is 12.3. The summed E-state index contributed by atoms with van der Waals surface area (Å²) in [6, 6.07) is 0. The first-order valence-corrected chi connectivity index (χ1v) is 6.58. The van der Waals surface area contributed by atoms with Crippen LogP contribution in [0.25, 0.3) is 5.95 Å². The summed E-state index contributed by atoms with van der Waals surface area (Å²) in [5.74, 6) is -0.575. The Balaban J connectivity index is 1.85. The van der Waals surface area contributed by atoms with Crippen molar-refractivity contribution in [2.24, 2.45) is 0 Å². The average molecular weight is 307 g/mol. The number of amides is 1. The zero-order chi connectivity index (χ0) is 15.5. The Labute approximate surface area is 124 Å². The standard InChI is InChI=1S/C11H13N7O4/c19-9(15-3-5-22-6-4-15)7-17-11(16-2-1-12-8-16)13-10(14-17)18(20)21/h1-2,8H,3-7H2. The third kappa shape index (κ3) is 2.79. The minimum atomic E-state index is -0.698. The average Bonchev–Trinajstić information content (AvgIpc) is 3.17. The molecule has 3 rings (SSSR count). The molecule has 116 valence electrons. The Morgan fingerprint density at radius 1 is 1.41 bits per heavy atom. The molecule has 0 spiro atoms. The van der Waals surface area contributed by atoms with Gasteiger partial charge in [-0.15, -0.1) is 4.68 Å². The lowest BCUT2D eigenvalue weighted by Gasteiger charge is -2.26. The normalized spacial score (nSPS) is 15.0. The predicted molar refractivity (Wildman–Crippen MR) is 71.2 cm³/mol. The first-order valence-electron chi connectivity index (χ1n) is 6.58. The zero-order valence-electron chi connectivity index (χ0n) is 11.5. The molecular formula is C11H13N7O4. The lowest BCUT2D eigenvalue weighted by Crippen LogP contribution is -2.42. The molecule has 11 heteroatoms. The monoisotopic (exact) mass is 307 g/mol. The molecule has 1 amide bonds. The molecule has 0 N–H and O–H groups in total. The summed E-state index contributed by atoms with van der Waals surface area (Å²) in [7, 11) is 0. The summed E-state index contributed by atoms with van der Waals surface area (Å²) in [5.41, 5.74) is 0. The van der Waals surface area contributed by atoms with E-state index in [1.165, 1.54) is 21.8 Å². The number of hydrogen-bond acceptors (Lipinski definition) is 7. The lowest BCUT2D eigenvalue weighted by atomic mass is 10.4. The molecule has 3 heterocycles. The minimum Gasteiger partial charge on any atom is -0.390 e. The predicted octanol–water partition coefficient (Wildman–Crippen LogP) is -0.769. The molecule has 0 bridgehead atoms. The largest absolute Gasteiger partial charge is 0.493 e. The summed E-state index contributed by atoms with van der Waals surface area (Å²) in [5, 5.41) is 14.6. The number of aromatic nitrogens is 5. The van der Waals surface area contributed by atoms with E-state index in [9.17, 15) is 14.9 Å². The lowest BCUT2D eigenvalue weighted by molar-refractivity contribution is -0.394. The van der Waals surface area contributed by atoms with E-state index in [4.69, 9.17) is 4.74 Å². The number of nitro groups is 1. The Kier molecular flexibility index (Phi) is 3.78. The van der Waals surface area contributed by atoms with Crippen LogP contribution in [0.1, 0.15) is 0 Å². The molecule has 0 aliphatic carbocycles. The second kappa shape index (κ2) is 5.89. The van der Waals surface area contributed by atoms with Crippen molar-refractivity contribution in [3.63, 3.8) is 0 Å². The SMILES string of the molecule is O=C(Cn1nc([N+](=O)[O-])nc1-n1ccnc1)N1CCOCC1. The van der Waals surface area contributed by atoms with Crippen LogP contribution in [0.5, 0.6) is 0 Å². The third-order valence-corrected chi connectivity index (χ3v) is 3.19. The highest BCUT2D eigenvalue weighted by Crippen LogP contribution is 2.11. The molecule has 2 aromatic rings. The van der Waals surface area contributed by atoms with Crippen LogP contribution in [0.2, 0.25) is 0 Å². The zero-order valence-corrected chi connectivity index (χ0v) is 11.5. The highest BCUT2D eigenvalue weighted by Gasteiger charge is 2.26. The number of carbonyl (C=O) groups is 1. The van der Waals surface area contributed by atoms with Gasteiger partial charge in [0, 0.05) is 30.6 Å². The van der Waals surface area contributed by atoms with E-state index in [1.54, 1.807) is 11.1 Å². The van der Waals surface area contributed by atoms with E-state index in [-0.39, 0.29) is 18.4 Å². The van der Waals surface area contributed by atoms with Gasteiger partial charge in [-0.1, -0.05) is 0 Å². The van der Waals surface area contributed by atoms with Gasteiger partial charge in [0.15, 0.2) is 0 Å². The number of rotatable bonds is 4. The minimum absolute atomic E-state index is 0.131. The number of morpholine rings is 1. The van der Waals surface area contributed by atoms with Crippen LogP contribution < -0.4 is 0 Å².